The maximum absolute atomic E-state index is 10.7. The lowest BCUT2D eigenvalue weighted by Gasteiger charge is -2.38. The van der Waals surface area contributed by atoms with E-state index in [1.807, 2.05) is 0 Å². The molecule has 2 heterocycles. The fourth-order valence-electron chi connectivity index (χ4n) is 2.55. The Morgan fingerprint density at radius 2 is 2.00 bits per heavy atom. The molecular weight excluding hydrogens is 230 g/mol. The van der Waals surface area contributed by atoms with Crippen LogP contribution in [0.5, 0.6) is 0 Å². The third-order valence-corrected chi connectivity index (χ3v) is 4.70. The van der Waals surface area contributed by atoms with E-state index in [-0.39, 0.29) is 0 Å². The highest BCUT2D eigenvalue weighted by Gasteiger charge is 2.34. The molecule has 0 radical (unpaired) electrons. The average molecular weight is 253 g/mol. The molecular formula is C14H23NOS. The van der Waals surface area contributed by atoms with Gasteiger partial charge in [0.05, 0.1) is 0 Å². The molecule has 1 aromatic heterocycles. The molecule has 0 spiro atoms. The zero-order valence-corrected chi connectivity index (χ0v) is 11.9. The van der Waals surface area contributed by atoms with Crippen molar-refractivity contribution in [3.63, 3.8) is 0 Å². The Balaban J connectivity index is 1.97. The summed E-state index contributed by atoms with van der Waals surface area (Å²) in [6.07, 6.45) is 1.75. The van der Waals surface area contributed by atoms with Gasteiger partial charge in [-0.1, -0.05) is 13.8 Å². The van der Waals surface area contributed by atoms with Crippen LogP contribution in [0.3, 0.4) is 0 Å². The normalized spacial score (nSPS) is 21.0. The summed E-state index contributed by atoms with van der Waals surface area (Å²) >= 11 is 1.74. The first kappa shape index (κ1) is 13.1. The van der Waals surface area contributed by atoms with Gasteiger partial charge in [-0.25, -0.2) is 0 Å². The molecule has 0 bridgehead atoms. The molecule has 0 unspecified atom stereocenters. The second-order valence-electron chi connectivity index (χ2n) is 5.64. The van der Waals surface area contributed by atoms with Gasteiger partial charge in [-0.3, -0.25) is 0 Å². The zero-order chi connectivity index (χ0) is 12.5. The zero-order valence-electron chi connectivity index (χ0n) is 11.1. The van der Waals surface area contributed by atoms with E-state index < -0.39 is 5.60 Å². The second-order valence-corrected chi connectivity index (χ2v) is 6.92. The van der Waals surface area contributed by atoms with Crippen LogP contribution in [-0.2, 0) is 5.60 Å². The van der Waals surface area contributed by atoms with Gasteiger partial charge >= 0.3 is 0 Å². The minimum atomic E-state index is -0.563. The number of rotatable bonds is 3. The van der Waals surface area contributed by atoms with Crippen LogP contribution in [0.2, 0.25) is 0 Å². The van der Waals surface area contributed by atoms with Gasteiger partial charge < -0.3 is 10.0 Å². The molecule has 3 heteroatoms. The largest absolute Gasteiger partial charge is 0.384 e. The third-order valence-electron chi connectivity index (χ3n) is 3.51. The molecule has 96 valence electrons. The molecule has 1 aliphatic rings. The summed E-state index contributed by atoms with van der Waals surface area (Å²) < 4.78 is 0. The van der Waals surface area contributed by atoms with Crippen molar-refractivity contribution >= 4 is 11.3 Å². The Hall–Kier alpha value is -0.380. The molecule has 1 fully saturated rings. The Bertz CT molecular complexity index is 364. The van der Waals surface area contributed by atoms with E-state index in [1.165, 1.54) is 4.88 Å². The van der Waals surface area contributed by atoms with Gasteiger partial charge in [0.25, 0.3) is 0 Å². The maximum Gasteiger partial charge on any atom is 0.101 e. The summed E-state index contributed by atoms with van der Waals surface area (Å²) in [5, 5.41) is 10.7. The highest BCUT2D eigenvalue weighted by Crippen LogP contribution is 2.36. The van der Waals surface area contributed by atoms with E-state index in [4.69, 9.17) is 0 Å². The van der Waals surface area contributed by atoms with Gasteiger partial charge in [-0.15, -0.1) is 11.3 Å². The minimum absolute atomic E-state index is 0.563. The van der Waals surface area contributed by atoms with Gasteiger partial charge in [0, 0.05) is 29.4 Å². The van der Waals surface area contributed by atoms with Crippen molar-refractivity contribution in [1.29, 1.82) is 0 Å². The number of aryl methyl sites for hydroxylation is 1. The van der Waals surface area contributed by atoms with E-state index in [1.54, 1.807) is 11.3 Å². The van der Waals surface area contributed by atoms with Crippen LogP contribution in [-0.4, -0.2) is 29.6 Å². The van der Waals surface area contributed by atoms with E-state index in [2.05, 4.69) is 37.8 Å². The SMILES string of the molecule is Cc1ccc(C2(O)CCN(CC(C)C)CC2)s1. The number of hydrogen-bond donors (Lipinski definition) is 1. The Morgan fingerprint density at radius 1 is 1.35 bits per heavy atom. The lowest BCUT2D eigenvalue weighted by Crippen LogP contribution is -2.43. The minimum Gasteiger partial charge on any atom is -0.384 e. The van der Waals surface area contributed by atoms with Crippen LogP contribution in [0.25, 0.3) is 0 Å². The first-order valence-corrected chi connectivity index (χ1v) is 7.33. The molecule has 0 atom stereocenters. The summed E-state index contributed by atoms with van der Waals surface area (Å²) in [6.45, 7) is 9.80. The first-order valence-electron chi connectivity index (χ1n) is 6.51. The van der Waals surface area contributed by atoms with Crippen LogP contribution in [0.15, 0.2) is 12.1 Å². The predicted octanol–water partition coefficient (Wildman–Crippen LogP) is 3.00. The molecule has 1 aliphatic heterocycles. The lowest BCUT2D eigenvalue weighted by molar-refractivity contribution is -0.0250. The molecule has 0 aliphatic carbocycles. The second kappa shape index (κ2) is 5.09. The van der Waals surface area contributed by atoms with Gasteiger partial charge in [0.15, 0.2) is 0 Å². The van der Waals surface area contributed by atoms with E-state index in [0.717, 1.165) is 37.4 Å². The molecule has 0 amide bonds. The Morgan fingerprint density at radius 3 is 2.47 bits per heavy atom. The number of aliphatic hydroxyl groups is 1. The summed E-state index contributed by atoms with van der Waals surface area (Å²) in [5.41, 5.74) is -0.563. The van der Waals surface area contributed by atoms with Crippen molar-refractivity contribution in [3.05, 3.63) is 21.9 Å². The number of likely N-dealkylation sites (tertiary alicyclic amines) is 1. The van der Waals surface area contributed by atoms with Crippen molar-refractivity contribution < 1.29 is 5.11 Å². The standard InChI is InChI=1S/C14H23NOS/c1-11(2)10-15-8-6-14(16,7-9-15)13-5-4-12(3)17-13/h4-5,11,16H,6-10H2,1-3H3. The maximum atomic E-state index is 10.7. The highest BCUT2D eigenvalue weighted by atomic mass is 32.1. The molecule has 17 heavy (non-hydrogen) atoms. The third kappa shape index (κ3) is 3.09. The van der Waals surface area contributed by atoms with Crippen molar-refractivity contribution in [2.24, 2.45) is 5.92 Å². The van der Waals surface area contributed by atoms with E-state index >= 15 is 0 Å². The summed E-state index contributed by atoms with van der Waals surface area (Å²) in [7, 11) is 0. The van der Waals surface area contributed by atoms with Crippen molar-refractivity contribution in [2.75, 3.05) is 19.6 Å². The highest BCUT2D eigenvalue weighted by molar-refractivity contribution is 7.12. The van der Waals surface area contributed by atoms with Gasteiger partial charge in [-0.2, -0.15) is 0 Å². The molecule has 2 nitrogen and oxygen atoms in total. The van der Waals surface area contributed by atoms with Crippen LogP contribution in [0, 0.1) is 12.8 Å². The van der Waals surface area contributed by atoms with Gasteiger partial charge in [0.1, 0.15) is 5.60 Å². The molecule has 1 saturated heterocycles. The molecule has 1 aromatic rings. The monoisotopic (exact) mass is 253 g/mol. The molecule has 1 N–H and O–H groups in total. The summed E-state index contributed by atoms with van der Waals surface area (Å²) in [4.78, 5) is 4.91. The van der Waals surface area contributed by atoms with Crippen molar-refractivity contribution in [3.8, 4) is 0 Å². The summed E-state index contributed by atoms with van der Waals surface area (Å²) in [6, 6.07) is 4.20. The Labute approximate surface area is 108 Å². The molecule has 2 rings (SSSR count). The number of thiophene rings is 1. The average Bonchev–Trinajstić information content (AvgIpc) is 2.69. The quantitative estimate of drug-likeness (QED) is 0.895. The number of hydrogen-bond acceptors (Lipinski definition) is 3. The lowest BCUT2D eigenvalue weighted by atomic mass is 9.89. The fourth-order valence-corrected chi connectivity index (χ4v) is 3.57. The number of piperidine rings is 1. The van der Waals surface area contributed by atoms with Crippen LogP contribution in [0.1, 0.15) is 36.4 Å². The van der Waals surface area contributed by atoms with Gasteiger partial charge in [-0.05, 0) is 37.8 Å². The predicted molar refractivity (Wildman–Crippen MR) is 73.5 cm³/mol. The van der Waals surface area contributed by atoms with Crippen LogP contribution < -0.4 is 0 Å². The molecule has 0 saturated carbocycles. The van der Waals surface area contributed by atoms with E-state index in [0.29, 0.717) is 5.92 Å². The smallest absolute Gasteiger partial charge is 0.101 e. The van der Waals surface area contributed by atoms with Crippen LogP contribution in [0.4, 0.5) is 0 Å². The first-order chi connectivity index (χ1) is 7.99. The van der Waals surface area contributed by atoms with Crippen molar-refractivity contribution in [1.82, 2.24) is 4.90 Å². The molecule has 0 aromatic carbocycles. The van der Waals surface area contributed by atoms with Crippen LogP contribution >= 0.6 is 11.3 Å². The van der Waals surface area contributed by atoms with E-state index in [9.17, 15) is 5.11 Å². The van der Waals surface area contributed by atoms with Gasteiger partial charge in [0.2, 0.25) is 0 Å². The topological polar surface area (TPSA) is 23.5 Å². The van der Waals surface area contributed by atoms with Crippen molar-refractivity contribution in [2.45, 2.75) is 39.2 Å². The summed E-state index contributed by atoms with van der Waals surface area (Å²) in [5.74, 6) is 0.713. The number of nitrogens with zero attached hydrogens (tertiary/aromatic N) is 1. The Kier molecular flexibility index (Phi) is 3.91. The fraction of sp³-hybridized carbons (Fsp3) is 0.714.